The lowest BCUT2D eigenvalue weighted by molar-refractivity contribution is 0.0923. The number of carbonyl (C=O) groups excluding carboxylic acids is 1. The van der Waals surface area contributed by atoms with Crippen LogP contribution >= 0.6 is 0 Å². The minimum atomic E-state index is -0.436. The Morgan fingerprint density at radius 3 is 2.26 bits per heavy atom. The molecule has 2 aromatic carbocycles. The van der Waals surface area contributed by atoms with E-state index in [4.69, 9.17) is 13.9 Å². The fourth-order valence-electron chi connectivity index (χ4n) is 3.62. The maximum atomic E-state index is 12.3. The van der Waals surface area contributed by atoms with Crippen molar-refractivity contribution in [3.8, 4) is 17.2 Å². The summed E-state index contributed by atoms with van der Waals surface area (Å²) in [5, 5.41) is 3.99. The second-order valence-electron chi connectivity index (χ2n) is 8.43. The van der Waals surface area contributed by atoms with E-state index in [1.165, 1.54) is 11.4 Å². The molecule has 0 radical (unpaired) electrons. The van der Waals surface area contributed by atoms with Crippen molar-refractivity contribution < 1.29 is 18.7 Å². The molecule has 0 unspecified atom stereocenters. The first-order valence-electron chi connectivity index (χ1n) is 11.5. The van der Waals surface area contributed by atoms with Gasteiger partial charge in [0, 0.05) is 17.1 Å². The summed E-state index contributed by atoms with van der Waals surface area (Å²) in [6.07, 6.45) is 1.67. The van der Waals surface area contributed by atoms with Gasteiger partial charge in [-0.05, 0) is 106 Å². The van der Waals surface area contributed by atoms with E-state index in [0.717, 1.165) is 17.0 Å². The van der Waals surface area contributed by atoms with Crippen molar-refractivity contribution in [3.05, 3.63) is 101 Å². The van der Waals surface area contributed by atoms with Crippen molar-refractivity contribution in [1.29, 1.82) is 0 Å². The Hall–Kier alpha value is -4.26. The minimum Gasteiger partial charge on any atom is -0.491 e. The Morgan fingerprint density at radius 1 is 0.943 bits per heavy atom. The lowest BCUT2D eigenvalue weighted by atomic mass is 10.2. The van der Waals surface area contributed by atoms with Gasteiger partial charge in [-0.3, -0.25) is 4.79 Å². The van der Waals surface area contributed by atoms with E-state index in [9.17, 15) is 4.79 Å². The van der Waals surface area contributed by atoms with E-state index in [0.29, 0.717) is 11.5 Å². The normalized spacial score (nSPS) is 11.2. The number of aryl methyl sites for hydroxylation is 2. The number of amides is 1. The molecule has 7 nitrogen and oxygen atoms in total. The highest BCUT2D eigenvalue weighted by Gasteiger charge is 2.11. The van der Waals surface area contributed by atoms with Crippen LogP contribution in [-0.2, 0) is 6.61 Å². The molecule has 0 saturated heterocycles. The first kappa shape index (κ1) is 23.9. The number of furan rings is 1. The van der Waals surface area contributed by atoms with Gasteiger partial charge in [0.1, 0.15) is 23.9 Å². The van der Waals surface area contributed by atoms with E-state index < -0.39 is 5.91 Å². The smallest absolute Gasteiger partial charge is 0.307 e. The van der Waals surface area contributed by atoms with Gasteiger partial charge in [0.15, 0.2) is 5.76 Å². The van der Waals surface area contributed by atoms with Crippen molar-refractivity contribution >= 4 is 12.1 Å². The lowest BCUT2D eigenvalue weighted by Gasteiger charge is -2.10. The van der Waals surface area contributed by atoms with Crippen LogP contribution in [-0.4, -0.2) is 22.8 Å². The predicted molar refractivity (Wildman–Crippen MR) is 136 cm³/mol. The summed E-state index contributed by atoms with van der Waals surface area (Å²) in [4.78, 5) is 12.3. The molecular formula is C28H29N3O4. The van der Waals surface area contributed by atoms with Crippen molar-refractivity contribution in [2.45, 2.75) is 40.4 Å². The molecule has 0 bridgehead atoms. The highest BCUT2D eigenvalue weighted by molar-refractivity contribution is 5.92. The quantitative estimate of drug-likeness (QED) is 0.247. The van der Waals surface area contributed by atoms with Crippen molar-refractivity contribution in [2.75, 3.05) is 0 Å². The number of nitrogens with one attached hydrogen (secondary N) is 1. The third-order valence-corrected chi connectivity index (χ3v) is 5.26. The largest absolute Gasteiger partial charge is 0.491 e. The fourth-order valence-corrected chi connectivity index (χ4v) is 3.62. The Kier molecular flexibility index (Phi) is 7.35. The van der Waals surface area contributed by atoms with Gasteiger partial charge in [0.25, 0.3) is 0 Å². The first-order chi connectivity index (χ1) is 16.9. The van der Waals surface area contributed by atoms with Crippen LogP contribution in [0, 0.1) is 13.8 Å². The van der Waals surface area contributed by atoms with Crippen molar-refractivity contribution in [1.82, 2.24) is 9.99 Å². The van der Waals surface area contributed by atoms with Crippen molar-refractivity contribution in [3.63, 3.8) is 0 Å². The Labute approximate surface area is 205 Å². The molecule has 0 saturated carbocycles. The first-order valence-corrected chi connectivity index (χ1v) is 11.5. The number of aromatic nitrogens is 1. The molecule has 0 aliphatic heterocycles. The standard InChI is InChI=1S/C28H29N3O4/c1-19(2)34-25-11-7-22(8-12-25)17-29-30-28(32)27-16-15-26(35-27)18-33-24-13-9-23(10-14-24)31-20(3)5-6-21(31)4/h5-17,19H,18H2,1-4H3,(H,30,32). The third kappa shape index (κ3) is 6.20. The van der Waals surface area contributed by atoms with E-state index >= 15 is 0 Å². The highest BCUT2D eigenvalue weighted by atomic mass is 16.5. The zero-order valence-corrected chi connectivity index (χ0v) is 20.3. The van der Waals surface area contributed by atoms with Gasteiger partial charge in [-0.25, -0.2) is 5.43 Å². The number of benzene rings is 2. The molecule has 2 aromatic heterocycles. The van der Waals surface area contributed by atoms with Crippen LogP contribution in [0.1, 0.15) is 47.1 Å². The third-order valence-electron chi connectivity index (χ3n) is 5.26. The summed E-state index contributed by atoms with van der Waals surface area (Å²) in [6.45, 7) is 8.31. The summed E-state index contributed by atoms with van der Waals surface area (Å²) in [5.74, 6) is 1.77. The zero-order chi connectivity index (χ0) is 24.8. The number of hydrogen-bond acceptors (Lipinski definition) is 5. The molecular weight excluding hydrogens is 442 g/mol. The number of nitrogens with zero attached hydrogens (tertiary/aromatic N) is 2. The maximum absolute atomic E-state index is 12.3. The number of hydrazone groups is 1. The molecule has 0 atom stereocenters. The number of carbonyl (C=O) groups is 1. The van der Waals surface area contributed by atoms with Crippen LogP contribution in [0.2, 0.25) is 0 Å². The Balaban J connectivity index is 1.28. The molecule has 0 aliphatic rings. The Bertz CT molecular complexity index is 1280. The van der Waals surface area contributed by atoms with Crippen LogP contribution in [0.3, 0.4) is 0 Å². The van der Waals surface area contributed by atoms with Gasteiger partial charge in [-0.15, -0.1) is 0 Å². The monoisotopic (exact) mass is 471 g/mol. The average molecular weight is 472 g/mol. The van der Waals surface area contributed by atoms with Crippen LogP contribution in [0.5, 0.6) is 11.5 Å². The molecule has 4 aromatic rings. The summed E-state index contributed by atoms with van der Waals surface area (Å²) in [5.41, 5.74) is 6.74. The van der Waals surface area contributed by atoms with Gasteiger partial charge >= 0.3 is 5.91 Å². The van der Waals surface area contributed by atoms with Gasteiger partial charge in [-0.1, -0.05) is 0 Å². The van der Waals surface area contributed by atoms with E-state index in [-0.39, 0.29) is 18.5 Å². The summed E-state index contributed by atoms with van der Waals surface area (Å²) in [6, 6.07) is 22.8. The summed E-state index contributed by atoms with van der Waals surface area (Å²) < 4.78 is 19.2. The molecule has 1 N–H and O–H groups in total. The van der Waals surface area contributed by atoms with E-state index in [1.807, 2.05) is 62.4 Å². The topological polar surface area (TPSA) is 78.0 Å². The SMILES string of the molecule is Cc1ccc(C)n1-c1ccc(OCc2ccc(C(=O)NN=Cc3ccc(OC(C)C)cc3)o2)cc1. The number of ether oxygens (including phenoxy) is 2. The zero-order valence-electron chi connectivity index (χ0n) is 20.3. The fraction of sp³-hybridized carbons (Fsp3) is 0.214. The minimum absolute atomic E-state index is 0.113. The van der Waals surface area contributed by atoms with Crippen molar-refractivity contribution in [2.24, 2.45) is 5.10 Å². The van der Waals surface area contributed by atoms with E-state index in [1.54, 1.807) is 18.3 Å². The van der Waals surface area contributed by atoms with Crippen LogP contribution < -0.4 is 14.9 Å². The highest BCUT2D eigenvalue weighted by Crippen LogP contribution is 2.21. The molecule has 180 valence electrons. The lowest BCUT2D eigenvalue weighted by Crippen LogP contribution is -2.16. The molecule has 1 amide bonds. The molecule has 0 spiro atoms. The average Bonchev–Trinajstić information content (AvgIpc) is 3.45. The molecule has 0 aliphatic carbocycles. The van der Waals surface area contributed by atoms with Crippen LogP contribution in [0.15, 0.2) is 82.3 Å². The van der Waals surface area contributed by atoms with Crippen LogP contribution in [0.25, 0.3) is 5.69 Å². The summed E-state index contributed by atoms with van der Waals surface area (Å²) >= 11 is 0. The second kappa shape index (κ2) is 10.8. The van der Waals surface area contributed by atoms with E-state index in [2.05, 4.69) is 41.1 Å². The predicted octanol–water partition coefficient (Wildman–Crippen LogP) is 5.82. The molecule has 35 heavy (non-hydrogen) atoms. The summed E-state index contributed by atoms with van der Waals surface area (Å²) in [7, 11) is 0. The molecule has 4 rings (SSSR count). The molecule has 7 heteroatoms. The maximum Gasteiger partial charge on any atom is 0.307 e. The number of rotatable bonds is 9. The number of hydrogen-bond donors (Lipinski definition) is 1. The molecule has 0 fully saturated rings. The van der Waals surface area contributed by atoms with Gasteiger partial charge in [-0.2, -0.15) is 5.10 Å². The Morgan fingerprint density at radius 2 is 1.60 bits per heavy atom. The van der Waals surface area contributed by atoms with Crippen LogP contribution in [0.4, 0.5) is 0 Å². The van der Waals surface area contributed by atoms with Gasteiger partial charge < -0.3 is 18.5 Å². The van der Waals surface area contributed by atoms with Gasteiger partial charge in [0.05, 0.1) is 12.3 Å². The van der Waals surface area contributed by atoms with Gasteiger partial charge in [0.2, 0.25) is 0 Å². The molecule has 2 heterocycles. The second-order valence-corrected chi connectivity index (χ2v) is 8.43.